The van der Waals surface area contributed by atoms with Crippen LogP contribution in [0.1, 0.15) is 22.1 Å². The number of carbonyl (C=O) groups is 1. The summed E-state index contributed by atoms with van der Waals surface area (Å²) >= 11 is 2.51. The van der Waals surface area contributed by atoms with Gasteiger partial charge in [0.25, 0.3) is 5.69 Å². The van der Waals surface area contributed by atoms with Gasteiger partial charge < -0.3 is 4.74 Å². The van der Waals surface area contributed by atoms with Crippen molar-refractivity contribution in [2.45, 2.75) is 12.5 Å². The van der Waals surface area contributed by atoms with E-state index in [1.165, 1.54) is 23.5 Å². The number of rotatable bonds is 6. The average molecular weight is 438 g/mol. The number of nitrogens with zero attached hydrogens (tertiary/aromatic N) is 2. The number of Topliss-reactive ketones (excluding diaryl/α,β-unsaturated/α-hetero) is 1. The van der Waals surface area contributed by atoms with E-state index in [1.54, 1.807) is 35.9 Å². The van der Waals surface area contributed by atoms with Crippen LogP contribution in [-0.2, 0) is 11.4 Å². The van der Waals surface area contributed by atoms with Gasteiger partial charge >= 0.3 is 0 Å². The van der Waals surface area contributed by atoms with Crippen LogP contribution in [0.5, 0.6) is 5.75 Å². The number of hydrogen-bond acceptors (Lipinski definition) is 8. The molecular formula is C21H15N3O4S2. The Morgan fingerprint density at radius 2 is 1.97 bits per heavy atom. The lowest BCUT2D eigenvalue weighted by Gasteiger charge is -2.09. The van der Waals surface area contributed by atoms with E-state index in [-0.39, 0.29) is 23.1 Å². The summed E-state index contributed by atoms with van der Waals surface area (Å²) in [5.41, 5.74) is 1.54. The molecule has 1 aliphatic heterocycles. The zero-order valence-corrected chi connectivity index (χ0v) is 17.1. The third kappa shape index (κ3) is 4.17. The maximum atomic E-state index is 12.8. The van der Waals surface area contributed by atoms with Crippen LogP contribution in [0.15, 0.2) is 65.0 Å². The van der Waals surface area contributed by atoms with E-state index in [0.29, 0.717) is 15.7 Å². The summed E-state index contributed by atoms with van der Waals surface area (Å²) in [6.45, 7) is 0.233. The Labute approximate surface area is 180 Å². The fraction of sp³-hybridized carbons (Fsp3) is 0.0952. The van der Waals surface area contributed by atoms with Gasteiger partial charge in [-0.2, -0.15) is 0 Å². The molecule has 4 rings (SSSR count). The number of thiazole rings is 1. The number of carbonyl (C=O) groups excluding carboxylic acids is 1. The summed E-state index contributed by atoms with van der Waals surface area (Å²) in [5.74, 6) is -0.180. The highest BCUT2D eigenvalue weighted by Crippen LogP contribution is 2.41. The highest BCUT2D eigenvalue weighted by Gasteiger charge is 2.38. The molecule has 1 aliphatic rings. The minimum Gasteiger partial charge on any atom is -0.488 e. The second-order valence-corrected chi connectivity index (χ2v) is 8.40. The van der Waals surface area contributed by atoms with Crippen molar-refractivity contribution in [3.8, 4) is 5.75 Å². The molecule has 1 N–H and O–H groups in total. The molecule has 150 valence electrons. The predicted molar refractivity (Wildman–Crippen MR) is 117 cm³/mol. The van der Waals surface area contributed by atoms with Crippen molar-refractivity contribution in [3.63, 3.8) is 0 Å². The number of aromatic nitrogens is 1. The van der Waals surface area contributed by atoms with Crippen LogP contribution in [0, 0.1) is 15.5 Å². The first-order valence-corrected chi connectivity index (χ1v) is 10.6. The number of nitrogens with one attached hydrogen (secondary N) is 1. The van der Waals surface area contributed by atoms with Gasteiger partial charge in [-0.15, -0.1) is 11.3 Å². The molecule has 2 aromatic carbocycles. The Balaban J connectivity index is 1.53. The lowest BCUT2D eigenvalue weighted by molar-refractivity contribution is -0.384. The van der Waals surface area contributed by atoms with Gasteiger partial charge in [-0.3, -0.25) is 20.3 Å². The van der Waals surface area contributed by atoms with Gasteiger partial charge in [0.05, 0.1) is 14.9 Å². The fourth-order valence-corrected chi connectivity index (χ4v) is 4.73. The largest absolute Gasteiger partial charge is 0.488 e. The molecule has 1 saturated heterocycles. The Hall–Kier alpha value is -3.30. The number of non-ortho nitro benzene ring substituents is 1. The Morgan fingerprint density at radius 1 is 1.20 bits per heavy atom. The van der Waals surface area contributed by atoms with Gasteiger partial charge in [0, 0.05) is 29.3 Å². The smallest absolute Gasteiger partial charge is 0.269 e. The van der Waals surface area contributed by atoms with Crippen LogP contribution >= 0.6 is 23.1 Å². The van der Waals surface area contributed by atoms with Crippen molar-refractivity contribution in [2.24, 2.45) is 0 Å². The zero-order valence-electron chi connectivity index (χ0n) is 15.5. The molecule has 7 nitrogen and oxygen atoms in total. The summed E-state index contributed by atoms with van der Waals surface area (Å²) in [7, 11) is 0. The molecule has 1 unspecified atom stereocenters. The second-order valence-electron chi connectivity index (χ2n) is 6.39. The molecule has 0 bridgehead atoms. The van der Waals surface area contributed by atoms with Crippen LogP contribution in [0.3, 0.4) is 0 Å². The van der Waals surface area contributed by atoms with Crippen LogP contribution in [-0.4, -0.2) is 20.7 Å². The summed E-state index contributed by atoms with van der Waals surface area (Å²) in [5, 5.41) is 21.7. The van der Waals surface area contributed by atoms with Gasteiger partial charge in [-0.25, -0.2) is 4.98 Å². The van der Waals surface area contributed by atoms with Crippen molar-refractivity contribution in [3.05, 3.63) is 91.3 Å². The zero-order chi connectivity index (χ0) is 21.1. The molecule has 0 radical (unpaired) electrons. The standard InChI is InChI=1S/C21H15N3O4S2/c22-20-18(21-23-9-10-29-21)19(25)17(30-20)11-14-3-1-2-4-16(14)28-12-13-5-7-15(8-6-13)24(26)27/h1-11,18,22H,12H2. The highest BCUT2D eigenvalue weighted by atomic mass is 32.2. The molecule has 1 atom stereocenters. The monoisotopic (exact) mass is 437 g/mol. The number of nitro benzene ring substituents is 1. The summed E-state index contributed by atoms with van der Waals surface area (Å²) in [6, 6.07) is 13.5. The molecule has 30 heavy (non-hydrogen) atoms. The summed E-state index contributed by atoms with van der Waals surface area (Å²) in [6.07, 6.45) is 3.37. The molecule has 9 heteroatoms. The molecule has 0 spiro atoms. The van der Waals surface area contributed by atoms with E-state index in [0.717, 1.165) is 22.9 Å². The molecule has 2 heterocycles. The molecule has 1 aromatic heterocycles. The minimum absolute atomic E-state index is 0.0258. The highest BCUT2D eigenvalue weighted by molar-refractivity contribution is 8.19. The average Bonchev–Trinajstić information content (AvgIpc) is 3.35. The van der Waals surface area contributed by atoms with E-state index in [1.807, 2.05) is 18.2 Å². The molecule has 1 fully saturated rings. The number of ether oxygens (including phenoxy) is 1. The lowest BCUT2D eigenvalue weighted by Crippen LogP contribution is -2.11. The Bertz CT molecular complexity index is 1140. The van der Waals surface area contributed by atoms with E-state index in [4.69, 9.17) is 10.1 Å². The quantitative estimate of drug-likeness (QED) is 0.329. The maximum absolute atomic E-state index is 12.8. The van der Waals surface area contributed by atoms with Crippen molar-refractivity contribution in [2.75, 3.05) is 0 Å². The second kappa shape index (κ2) is 8.60. The normalized spacial score (nSPS) is 17.5. The van der Waals surface area contributed by atoms with Gasteiger partial charge in [-0.05, 0) is 29.8 Å². The van der Waals surface area contributed by atoms with Crippen molar-refractivity contribution < 1.29 is 14.5 Å². The number of hydrogen-bond donors (Lipinski definition) is 1. The molecule has 3 aromatic rings. The van der Waals surface area contributed by atoms with E-state index in [2.05, 4.69) is 4.98 Å². The number of nitro groups is 1. The minimum atomic E-state index is -0.630. The van der Waals surface area contributed by atoms with Gasteiger partial charge in [-0.1, -0.05) is 30.0 Å². The number of para-hydroxylation sites is 1. The number of ketones is 1. The first-order chi connectivity index (χ1) is 14.5. The molecule has 0 amide bonds. The number of benzene rings is 2. The number of thioether (sulfide) groups is 1. The molecule has 0 saturated carbocycles. The van der Waals surface area contributed by atoms with Crippen molar-refractivity contribution in [1.29, 1.82) is 5.41 Å². The summed E-state index contributed by atoms with van der Waals surface area (Å²) < 4.78 is 5.90. The fourth-order valence-electron chi connectivity index (χ4n) is 2.94. The van der Waals surface area contributed by atoms with Crippen LogP contribution in [0.25, 0.3) is 6.08 Å². The van der Waals surface area contributed by atoms with Crippen LogP contribution in [0.4, 0.5) is 5.69 Å². The predicted octanol–water partition coefficient (Wildman–Crippen LogP) is 5.05. The van der Waals surface area contributed by atoms with Crippen LogP contribution < -0.4 is 4.74 Å². The first-order valence-electron chi connectivity index (χ1n) is 8.89. The topological polar surface area (TPSA) is 106 Å². The third-order valence-electron chi connectivity index (χ3n) is 4.43. The lowest BCUT2D eigenvalue weighted by atomic mass is 10.0. The van der Waals surface area contributed by atoms with Crippen LogP contribution in [0.2, 0.25) is 0 Å². The number of allylic oxidation sites excluding steroid dienone is 1. The van der Waals surface area contributed by atoms with E-state index in [9.17, 15) is 14.9 Å². The first kappa shape index (κ1) is 20.0. The van der Waals surface area contributed by atoms with Crippen molar-refractivity contribution in [1.82, 2.24) is 4.98 Å². The SMILES string of the molecule is N=C1SC(=Cc2ccccc2OCc2ccc([N+](=O)[O-])cc2)C(=O)C1c1nccs1. The van der Waals surface area contributed by atoms with E-state index < -0.39 is 10.8 Å². The molecule has 0 aliphatic carbocycles. The summed E-state index contributed by atoms with van der Waals surface area (Å²) in [4.78, 5) is 27.8. The van der Waals surface area contributed by atoms with Gasteiger partial charge in [0.15, 0.2) is 5.78 Å². The molecular weight excluding hydrogens is 422 g/mol. The van der Waals surface area contributed by atoms with Crippen molar-refractivity contribution >= 4 is 45.7 Å². The maximum Gasteiger partial charge on any atom is 0.269 e. The van der Waals surface area contributed by atoms with Gasteiger partial charge in [0.2, 0.25) is 0 Å². The van der Waals surface area contributed by atoms with Gasteiger partial charge in [0.1, 0.15) is 23.3 Å². The van der Waals surface area contributed by atoms with E-state index >= 15 is 0 Å². The third-order valence-corrected chi connectivity index (χ3v) is 6.27. The Morgan fingerprint density at radius 3 is 2.67 bits per heavy atom. The Kier molecular flexibility index (Phi) is 5.73.